The average Bonchev–Trinajstić information content (AvgIpc) is 2.39. The van der Waals surface area contributed by atoms with Crippen molar-refractivity contribution in [2.24, 2.45) is 0 Å². The fourth-order valence-corrected chi connectivity index (χ4v) is 2.65. The lowest BCUT2D eigenvalue weighted by Crippen LogP contribution is -2.24. The molecule has 17 heavy (non-hydrogen) atoms. The van der Waals surface area contributed by atoms with Gasteiger partial charge in [0.2, 0.25) is 0 Å². The number of fused-ring (bicyclic) bond motifs is 1. The molecule has 0 saturated carbocycles. The summed E-state index contributed by atoms with van der Waals surface area (Å²) in [6, 6.07) is 17.4. The van der Waals surface area contributed by atoms with Crippen LogP contribution in [-0.4, -0.2) is 6.54 Å². The quantitative estimate of drug-likeness (QED) is 0.704. The van der Waals surface area contributed by atoms with Crippen molar-refractivity contribution in [1.29, 1.82) is 0 Å². The Labute approximate surface area is 103 Å². The highest BCUT2D eigenvalue weighted by molar-refractivity contribution is 5.69. The lowest BCUT2D eigenvalue weighted by molar-refractivity contribution is 0.765. The van der Waals surface area contributed by atoms with Crippen LogP contribution < -0.4 is 4.90 Å². The second-order valence-electron chi connectivity index (χ2n) is 4.67. The van der Waals surface area contributed by atoms with Gasteiger partial charge in [-0.15, -0.1) is 0 Å². The lowest BCUT2D eigenvalue weighted by atomic mass is 10.0. The molecule has 0 fully saturated rings. The van der Waals surface area contributed by atoms with E-state index in [-0.39, 0.29) is 0 Å². The highest BCUT2D eigenvalue weighted by Crippen LogP contribution is 2.34. The first kappa shape index (κ1) is 10.4. The maximum Gasteiger partial charge on any atom is 0.0443 e. The topological polar surface area (TPSA) is 3.24 Å². The number of para-hydroxylation sites is 2. The van der Waals surface area contributed by atoms with Crippen molar-refractivity contribution in [2.45, 2.75) is 19.8 Å². The minimum absolute atomic E-state index is 1.13. The Bertz CT molecular complexity index is 531. The average molecular weight is 223 g/mol. The highest BCUT2D eigenvalue weighted by Gasteiger charge is 2.18. The number of anilines is 2. The van der Waals surface area contributed by atoms with Gasteiger partial charge in [0.15, 0.2) is 0 Å². The SMILES string of the molecule is Cc1ccccc1N1CCCc2ccccc21. The molecule has 0 saturated heterocycles. The van der Waals surface area contributed by atoms with Gasteiger partial charge in [0.05, 0.1) is 0 Å². The Morgan fingerprint density at radius 3 is 2.41 bits per heavy atom. The van der Waals surface area contributed by atoms with Gasteiger partial charge in [-0.3, -0.25) is 0 Å². The first-order valence-electron chi connectivity index (χ1n) is 6.27. The van der Waals surface area contributed by atoms with Crippen molar-refractivity contribution in [2.75, 3.05) is 11.4 Å². The van der Waals surface area contributed by atoms with Crippen molar-refractivity contribution in [3.05, 3.63) is 59.7 Å². The molecule has 86 valence electrons. The molecule has 3 rings (SSSR count). The van der Waals surface area contributed by atoms with Crippen LogP contribution in [0.25, 0.3) is 0 Å². The number of hydrogen-bond donors (Lipinski definition) is 0. The maximum absolute atomic E-state index is 2.45. The predicted molar refractivity (Wildman–Crippen MR) is 72.9 cm³/mol. The predicted octanol–water partition coefficient (Wildman–Crippen LogP) is 4.08. The van der Waals surface area contributed by atoms with Crippen LogP contribution in [0.2, 0.25) is 0 Å². The van der Waals surface area contributed by atoms with Crippen LogP contribution >= 0.6 is 0 Å². The zero-order chi connectivity index (χ0) is 11.7. The van der Waals surface area contributed by atoms with Gasteiger partial charge in [0.25, 0.3) is 0 Å². The number of aryl methyl sites for hydroxylation is 2. The molecular formula is C16H17N. The third kappa shape index (κ3) is 1.82. The Kier molecular flexibility index (Phi) is 2.60. The Hall–Kier alpha value is -1.76. The molecule has 0 spiro atoms. The molecule has 0 aliphatic carbocycles. The van der Waals surface area contributed by atoms with Gasteiger partial charge in [0.1, 0.15) is 0 Å². The largest absolute Gasteiger partial charge is 0.341 e. The summed E-state index contributed by atoms with van der Waals surface area (Å²) in [5.41, 5.74) is 5.55. The molecule has 1 aliphatic heterocycles. The van der Waals surface area contributed by atoms with E-state index in [1.165, 1.54) is 35.3 Å². The minimum atomic E-state index is 1.13. The van der Waals surface area contributed by atoms with Crippen LogP contribution in [0.4, 0.5) is 11.4 Å². The summed E-state index contributed by atoms with van der Waals surface area (Å²) in [7, 11) is 0. The van der Waals surface area contributed by atoms with Crippen LogP contribution in [0.5, 0.6) is 0 Å². The zero-order valence-corrected chi connectivity index (χ0v) is 10.2. The smallest absolute Gasteiger partial charge is 0.0443 e. The third-order valence-corrected chi connectivity index (χ3v) is 3.52. The Balaban J connectivity index is 2.09. The summed E-state index contributed by atoms with van der Waals surface area (Å²) in [5.74, 6) is 0. The second kappa shape index (κ2) is 4.25. The van der Waals surface area contributed by atoms with Crippen LogP contribution in [-0.2, 0) is 6.42 Å². The van der Waals surface area contributed by atoms with Crippen LogP contribution in [0.3, 0.4) is 0 Å². The van der Waals surface area contributed by atoms with E-state index in [4.69, 9.17) is 0 Å². The Morgan fingerprint density at radius 1 is 0.882 bits per heavy atom. The number of nitrogens with zero attached hydrogens (tertiary/aromatic N) is 1. The van der Waals surface area contributed by atoms with Gasteiger partial charge < -0.3 is 4.90 Å². The first-order valence-corrected chi connectivity index (χ1v) is 6.27. The van der Waals surface area contributed by atoms with E-state index in [1.807, 2.05) is 0 Å². The molecule has 1 nitrogen and oxygen atoms in total. The summed E-state index contributed by atoms with van der Waals surface area (Å²) in [6.45, 7) is 3.31. The molecule has 0 unspecified atom stereocenters. The van der Waals surface area contributed by atoms with E-state index in [1.54, 1.807) is 0 Å². The van der Waals surface area contributed by atoms with E-state index in [0.717, 1.165) is 6.54 Å². The summed E-state index contributed by atoms with van der Waals surface area (Å²) in [6.07, 6.45) is 2.45. The highest BCUT2D eigenvalue weighted by atomic mass is 15.1. The summed E-state index contributed by atoms with van der Waals surface area (Å²) in [5, 5.41) is 0. The van der Waals surface area contributed by atoms with Gasteiger partial charge in [-0.25, -0.2) is 0 Å². The number of rotatable bonds is 1. The standard InChI is InChI=1S/C16H17N/c1-13-7-2-4-10-15(13)17-12-6-9-14-8-3-5-11-16(14)17/h2-5,7-8,10-11H,6,9,12H2,1H3. The summed E-state index contributed by atoms with van der Waals surface area (Å²) < 4.78 is 0. The van der Waals surface area contributed by atoms with Crippen molar-refractivity contribution in [3.63, 3.8) is 0 Å². The van der Waals surface area contributed by atoms with Crippen LogP contribution in [0.1, 0.15) is 17.5 Å². The lowest BCUT2D eigenvalue weighted by Gasteiger charge is -2.32. The van der Waals surface area contributed by atoms with Gasteiger partial charge in [-0.2, -0.15) is 0 Å². The molecule has 0 aromatic heterocycles. The van der Waals surface area contributed by atoms with Crippen molar-refractivity contribution < 1.29 is 0 Å². The second-order valence-corrected chi connectivity index (χ2v) is 4.67. The van der Waals surface area contributed by atoms with Gasteiger partial charge >= 0.3 is 0 Å². The zero-order valence-electron chi connectivity index (χ0n) is 10.2. The maximum atomic E-state index is 2.45. The van der Waals surface area contributed by atoms with E-state index in [2.05, 4.69) is 60.4 Å². The van der Waals surface area contributed by atoms with Crippen LogP contribution in [0, 0.1) is 6.92 Å². The van der Waals surface area contributed by atoms with E-state index < -0.39 is 0 Å². The van der Waals surface area contributed by atoms with Gasteiger partial charge in [-0.1, -0.05) is 36.4 Å². The molecule has 1 aliphatic rings. The molecule has 0 atom stereocenters. The first-order chi connectivity index (χ1) is 8.36. The minimum Gasteiger partial charge on any atom is -0.341 e. The van der Waals surface area contributed by atoms with E-state index >= 15 is 0 Å². The van der Waals surface area contributed by atoms with Crippen LogP contribution in [0.15, 0.2) is 48.5 Å². The molecule has 0 N–H and O–H groups in total. The molecule has 2 aromatic carbocycles. The van der Waals surface area contributed by atoms with Gasteiger partial charge in [0, 0.05) is 17.9 Å². The Morgan fingerprint density at radius 2 is 1.59 bits per heavy atom. The number of benzene rings is 2. The van der Waals surface area contributed by atoms with E-state index in [9.17, 15) is 0 Å². The molecule has 1 heteroatoms. The van der Waals surface area contributed by atoms with Crippen molar-refractivity contribution >= 4 is 11.4 Å². The molecular weight excluding hydrogens is 206 g/mol. The molecule has 0 amide bonds. The van der Waals surface area contributed by atoms with Gasteiger partial charge in [-0.05, 0) is 43.0 Å². The molecule has 2 aromatic rings. The summed E-state index contributed by atoms with van der Waals surface area (Å²) >= 11 is 0. The van der Waals surface area contributed by atoms with Crippen molar-refractivity contribution in [3.8, 4) is 0 Å². The normalized spacial score (nSPS) is 14.5. The third-order valence-electron chi connectivity index (χ3n) is 3.52. The monoisotopic (exact) mass is 223 g/mol. The number of hydrogen-bond acceptors (Lipinski definition) is 1. The summed E-state index contributed by atoms with van der Waals surface area (Å²) in [4.78, 5) is 2.45. The van der Waals surface area contributed by atoms with E-state index in [0.29, 0.717) is 0 Å². The molecule has 0 radical (unpaired) electrons. The molecule has 1 heterocycles. The fraction of sp³-hybridized carbons (Fsp3) is 0.250. The molecule has 0 bridgehead atoms. The van der Waals surface area contributed by atoms with Crippen molar-refractivity contribution in [1.82, 2.24) is 0 Å². The fourth-order valence-electron chi connectivity index (χ4n) is 2.65.